The minimum atomic E-state index is -0.488. The first-order valence-corrected chi connectivity index (χ1v) is 11.2. The van der Waals surface area contributed by atoms with Crippen molar-refractivity contribution in [1.82, 2.24) is 20.5 Å². The molecule has 1 aromatic carbocycles. The van der Waals surface area contributed by atoms with Crippen molar-refractivity contribution >= 4 is 11.8 Å². The van der Waals surface area contributed by atoms with Crippen molar-refractivity contribution in [1.29, 1.82) is 0 Å². The van der Waals surface area contributed by atoms with E-state index in [1.165, 1.54) is 0 Å². The number of hydrogen-bond donors (Lipinski definition) is 2. The summed E-state index contributed by atoms with van der Waals surface area (Å²) in [7, 11) is 0. The first-order valence-electron chi connectivity index (χ1n) is 11.2. The predicted octanol–water partition coefficient (Wildman–Crippen LogP) is 2.52. The second-order valence-corrected chi connectivity index (χ2v) is 8.22. The molecule has 2 saturated heterocycles. The zero-order chi connectivity index (χ0) is 21.5. The van der Waals surface area contributed by atoms with Crippen LogP contribution in [0.1, 0.15) is 48.2 Å². The van der Waals surface area contributed by atoms with E-state index in [1.54, 1.807) is 6.07 Å². The number of carbonyl (C=O) groups excluding carboxylic acids is 2. The van der Waals surface area contributed by atoms with Gasteiger partial charge in [0.1, 0.15) is 17.9 Å². The third-order valence-corrected chi connectivity index (χ3v) is 5.91. The minimum absolute atomic E-state index is 0.0649. The van der Waals surface area contributed by atoms with Crippen molar-refractivity contribution in [3.8, 4) is 5.75 Å². The Morgan fingerprint density at radius 1 is 1.10 bits per heavy atom. The lowest BCUT2D eigenvalue weighted by Gasteiger charge is -2.32. The molecule has 2 aliphatic heterocycles. The van der Waals surface area contributed by atoms with Crippen LogP contribution in [-0.4, -0.2) is 53.5 Å². The molecule has 4 rings (SSSR count). The molecule has 0 unspecified atom stereocenters. The summed E-state index contributed by atoms with van der Waals surface area (Å²) in [5.74, 6) is 0.215. The predicted molar refractivity (Wildman–Crippen MR) is 118 cm³/mol. The topological polar surface area (TPSA) is 83.6 Å². The maximum absolute atomic E-state index is 12.9. The zero-order valence-corrected chi connectivity index (χ0v) is 17.8. The highest BCUT2D eigenvalue weighted by atomic mass is 16.5. The fraction of sp³-hybridized carbons (Fsp3) is 0.458. The number of carbonyl (C=O) groups is 2. The Bertz CT molecular complexity index is 881. The number of likely N-dealkylation sites (tertiary alicyclic amines) is 1. The molecule has 7 heteroatoms. The van der Waals surface area contributed by atoms with Crippen molar-refractivity contribution in [3.05, 3.63) is 59.9 Å². The van der Waals surface area contributed by atoms with Gasteiger partial charge in [-0.3, -0.25) is 19.5 Å². The quantitative estimate of drug-likeness (QED) is 0.748. The molecule has 2 aliphatic rings. The van der Waals surface area contributed by atoms with Gasteiger partial charge in [-0.15, -0.1) is 0 Å². The van der Waals surface area contributed by atoms with Gasteiger partial charge < -0.3 is 15.4 Å². The van der Waals surface area contributed by atoms with E-state index in [2.05, 4.69) is 20.5 Å². The fourth-order valence-corrected chi connectivity index (χ4v) is 4.16. The number of nitrogens with one attached hydrogen (secondary N) is 2. The summed E-state index contributed by atoms with van der Waals surface area (Å²) in [6.07, 6.45) is 6.20. The largest absolute Gasteiger partial charge is 0.489 e. The van der Waals surface area contributed by atoms with Crippen LogP contribution < -0.4 is 15.4 Å². The second kappa shape index (κ2) is 10.4. The molecule has 0 radical (unpaired) electrons. The van der Waals surface area contributed by atoms with E-state index < -0.39 is 6.04 Å². The summed E-state index contributed by atoms with van der Waals surface area (Å²) in [6.45, 7) is 3.37. The van der Waals surface area contributed by atoms with E-state index in [9.17, 15) is 9.59 Å². The standard InChI is InChI=1S/C24H30N4O3/c29-23(27-21-9-4-6-14-26-24(21)30)20-8-1-2-10-22(20)31-19-11-15-28(16-12-19)17-18-7-3-5-13-25-18/h1-3,5,7-8,10,13,19,21H,4,6,9,11-12,14-17H2,(H,26,30)(H,27,29)/t21-/m0/s1. The van der Waals surface area contributed by atoms with E-state index in [-0.39, 0.29) is 17.9 Å². The summed E-state index contributed by atoms with van der Waals surface area (Å²) >= 11 is 0. The molecule has 2 aromatic rings. The van der Waals surface area contributed by atoms with Gasteiger partial charge in [-0.1, -0.05) is 18.2 Å². The van der Waals surface area contributed by atoms with Crippen LogP contribution in [0, 0.1) is 0 Å². The van der Waals surface area contributed by atoms with Gasteiger partial charge in [0.15, 0.2) is 0 Å². The first-order chi connectivity index (χ1) is 15.2. The van der Waals surface area contributed by atoms with Gasteiger partial charge in [0.2, 0.25) is 5.91 Å². The molecule has 31 heavy (non-hydrogen) atoms. The molecule has 0 spiro atoms. The molecule has 2 N–H and O–H groups in total. The SMILES string of the molecule is O=C(N[C@H]1CCCCNC1=O)c1ccccc1OC1CCN(Cc2ccccn2)CC1. The van der Waals surface area contributed by atoms with Gasteiger partial charge in [-0.2, -0.15) is 0 Å². The van der Waals surface area contributed by atoms with Gasteiger partial charge in [-0.05, 0) is 56.4 Å². The molecule has 2 fully saturated rings. The summed E-state index contributed by atoms with van der Waals surface area (Å²) < 4.78 is 6.24. The van der Waals surface area contributed by atoms with Crippen LogP contribution in [0.25, 0.3) is 0 Å². The minimum Gasteiger partial charge on any atom is -0.489 e. The highest BCUT2D eigenvalue weighted by Crippen LogP contribution is 2.24. The molecule has 164 valence electrons. The lowest BCUT2D eigenvalue weighted by molar-refractivity contribution is -0.122. The number of ether oxygens (including phenoxy) is 1. The van der Waals surface area contributed by atoms with Crippen molar-refractivity contribution in [2.45, 2.75) is 50.8 Å². The zero-order valence-electron chi connectivity index (χ0n) is 17.8. The number of hydrogen-bond acceptors (Lipinski definition) is 5. The van der Waals surface area contributed by atoms with Crippen LogP contribution in [0.2, 0.25) is 0 Å². The Kier molecular flexibility index (Phi) is 7.14. The molecular weight excluding hydrogens is 392 g/mol. The second-order valence-electron chi connectivity index (χ2n) is 8.22. The smallest absolute Gasteiger partial charge is 0.255 e. The van der Waals surface area contributed by atoms with E-state index in [1.807, 2.05) is 42.6 Å². The number of piperidine rings is 1. The monoisotopic (exact) mass is 422 g/mol. The molecule has 3 heterocycles. The Balaban J connectivity index is 1.33. The molecule has 0 bridgehead atoms. The first kappa shape index (κ1) is 21.3. The highest BCUT2D eigenvalue weighted by molar-refractivity contribution is 5.99. The molecule has 0 aliphatic carbocycles. The van der Waals surface area contributed by atoms with E-state index in [0.29, 0.717) is 24.3 Å². The molecule has 7 nitrogen and oxygen atoms in total. The van der Waals surface area contributed by atoms with E-state index >= 15 is 0 Å². The number of nitrogens with zero attached hydrogens (tertiary/aromatic N) is 2. The number of amides is 2. The Labute approximate surface area is 183 Å². The van der Waals surface area contributed by atoms with Crippen molar-refractivity contribution < 1.29 is 14.3 Å². The molecule has 2 amide bonds. The molecule has 1 atom stereocenters. The number of rotatable bonds is 6. The average molecular weight is 423 g/mol. The lowest BCUT2D eigenvalue weighted by atomic mass is 10.1. The normalized spacial score (nSPS) is 20.5. The van der Waals surface area contributed by atoms with Gasteiger partial charge in [0.05, 0.1) is 11.3 Å². The Morgan fingerprint density at radius 3 is 2.71 bits per heavy atom. The number of aromatic nitrogens is 1. The third kappa shape index (κ3) is 5.82. The summed E-state index contributed by atoms with van der Waals surface area (Å²) in [5.41, 5.74) is 1.56. The molecule has 0 saturated carbocycles. The Morgan fingerprint density at radius 2 is 1.90 bits per heavy atom. The third-order valence-electron chi connectivity index (χ3n) is 5.91. The van der Waals surface area contributed by atoms with E-state index in [0.717, 1.165) is 51.0 Å². The average Bonchev–Trinajstić information content (AvgIpc) is 3.00. The van der Waals surface area contributed by atoms with Gasteiger partial charge >= 0.3 is 0 Å². The maximum atomic E-state index is 12.9. The van der Waals surface area contributed by atoms with Crippen LogP contribution >= 0.6 is 0 Å². The van der Waals surface area contributed by atoms with Crippen molar-refractivity contribution in [3.63, 3.8) is 0 Å². The van der Waals surface area contributed by atoms with Crippen LogP contribution in [0.3, 0.4) is 0 Å². The van der Waals surface area contributed by atoms with Crippen LogP contribution in [0.15, 0.2) is 48.7 Å². The lowest BCUT2D eigenvalue weighted by Crippen LogP contribution is -2.45. The van der Waals surface area contributed by atoms with Crippen molar-refractivity contribution in [2.75, 3.05) is 19.6 Å². The van der Waals surface area contributed by atoms with Crippen molar-refractivity contribution in [2.24, 2.45) is 0 Å². The summed E-state index contributed by atoms with van der Waals surface area (Å²) in [6, 6.07) is 12.8. The number of para-hydroxylation sites is 1. The van der Waals surface area contributed by atoms with Gasteiger partial charge in [0, 0.05) is 32.4 Å². The van der Waals surface area contributed by atoms with Crippen LogP contribution in [0.4, 0.5) is 0 Å². The summed E-state index contributed by atoms with van der Waals surface area (Å²) in [5, 5.41) is 5.75. The Hall–Kier alpha value is -2.93. The highest BCUT2D eigenvalue weighted by Gasteiger charge is 2.26. The molecular formula is C24H30N4O3. The van der Waals surface area contributed by atoms with Gasteiger partial charge in [0.25, 0.3) is 5.91 Å². The van der Waals surface area contributed by atoms with E-state index in [4.69, 9.17) is 4.74 Å². The maximum Gasteiger partial charge on any atom is 0.255 e. The number of benzene rings is 1. The number of pyridine rings is 1. The van der Waals surface area contributed by atoms with Crippen LogP contribution in [-0.2, 0) is 11.3 Å². The molecule has 1 aromatic heterocycles. The van der Waals surface area contributed by atoms with Gasteiger partial charge in [-0.25, -0.2) is 0 Å². The van der Waals surface area contributed by atoms with Crippen LogP contribution in [0.5, 0.6) is 5.75 Å². The fourth-order valence-electron chi connectivity index (χ4n) is 4.16. The summed E-state index contributed by atoms with van der Waals surface area (Å²) in [4.78, 5) is 31.9.